The van der Waals surface area contributed by atoms with Gasteiger partial charge in [-0.1, -0.05) is 30.3 Å². The molecule has 6 rings (SSSR count). The Hall–Kier alpha value is -1.69. The van der Waals surface area contributed by atoms with Gasteiger partial charge in [0.05, 0.1) is 12.2 Å². The molecule has 1 saturated carbocycles. The van der Waals surface area contributed by atoms with Gasteiger partial charge in [-0.05, 0) is 55.0 Å². The van der Waals surface area contributed by atoms with Crippen molar-refractivity contribution >= 4 is 17.2 Å². The molecule has 1 N–H and O–H groups in total. The zero-order chi connectivity index (χ0) is 18.7. The molecule has 1 aliphatic carbocycles. The van der Waals surface area contributed by atoms with Crippen LogP contribution in [0.25, 0.3) is 10.4 Å². The summed E-state index contributed by atoms with van der Waals surface area (Å²) in [4.78, 5) is 17.9. The molecule has 2 saturated heterocycles. The smallest absolute Gasteiger partial charge is 0.226 e. The standard InChI is InChI=1S/C23H26N2O2S/c26-22(21-16-13-24-14-17(16)21)25-9-7-23(8-10-25)18-12-20(15-4-2-1-3-5-15)28-19(18)6-11-27-23/h1-5,12,16-17,21,24H,6-11,13-14H2/t16-,17+,21?. The molecule has 1 unspecified atom stereocenters. The van der Waals surface area contributed by atoms with Crippen LogP contribution in [0, 0.1) is 17.8 Å². The number of nitrogens with zero attached hydrogens (tertiary/aromatic N) is 1. The Morgan fingerprint density at radius 3 is 2.64 bits per heavy atom. The fraction of sp³-hybridized carbons (Fsp3) is 0.522. The van der Waals surface area contributed by atoms with Crippen molar-refractivity contribution in [2.24, 2.45) is 17.8 Å². The maximum Gasteiger partial charge on any atom is 0.226 e. The van der Waals surface area contributed by atoms with Gasteiger partial charge in [0.25, 0.3) is 0 Å². The minimum Gasteiger partial charge on any atom is -0.370 e. The van der Waals surface area contributed by atoms with Crippen LogP contribution in [-0.4, -0.2) is 43.6 Å². The molecule has 2 aromatic rings. The van der Waals surface area contributed by atoms with Crippen molar-refractivity contribution in [2.45, 2.75) is 24.9 Å². The van der Waals surface area contributed by atoms with Gasteiger partial charge in [-0.25, -0.2) is 0 Å². The van der Waals surface area contributed by atoms with Gasteiger partial charge in [0.15, 0.2) is 0 Å². The summed E-state index contributed by atoms with van der Waals surface area (Å²) in [6.45, 7) is 4.52. The van der Waals surface area contributed by atoms with E-state index in [-0.39, 0.29) is 5.60 Å². The maximum atomic E-state index is 12.9. The van der Waals surface area contributed by atoms with Gasteiger partial charge >= 0.3 is 0 Å². The highest BCUT2D eigenvalue weighted by Gasteiger charge is 2.58. The molecular formula is C23H26N2O2S. The SMILES string of the molecule is O=C(C1[C@H]2CNC[C@@H]12)N1CCC2(CC1)OCCc1sc(-c3ccccc3)cc12. The van der Waals surface area contributed by atoms with Crippen LogP contribution in [0.15, 0.2) is 36.4 Å². The molecule has 5 heteroatoms. The van der Waals surface area contributed by atoms with Crippen molar-refractivity contribution in [1.29, 1.82) is 0 Å². The van der Waals surface area contributed by atoms with E-state index in [9.17, 15) is 4.79 Å². The quantitative estimate of drug-likeness (QED) is 0.850. The van der Waals surface area contributed by atoms with Crippen LogP contribution in [0.5, 0.6) is 0 Å². The zero-order valence-corrected chi connectivity index (χ0v) is 16.8. The van der Waals surface area contributed by atoms with E-state index in [2.05, 4.69) is 46.6 Å². The van der Waals surface area contributed by atoms with Crippen molar-refractivity contribution in [3.63, 3.8) is 0 Å². The number of ether oxygens (including phenoxy) is 1. The van der Waals surface area contributed by atoms with E-state index in [0.717, 1.165) is 52.0 Å². The lowest BCUT2D eigenvalue weighted by molar-refractivity contribution is -0.142. The average molecular weight is 395 g/mol. The van der Waals surface area contributed by atoms with Crippen LogP contribution in [0.3, 0.4) is 0 Å². The number of benzene rings is 1. The van der Waals surface area contributed by atoms with Crippen LogP contribution in [-0.2, 0) is 21.6 Å². The molecule has 4 heterocycles. The average Bonchev–Trinajstić information content (AvgIpc) is 3.09. The third kappa shape index (κ3) is 2.60. The van der Waals surface area contributed by atoms with E-state index in [1.807, 2.05) is 11.3 Å². The molecule has 28 heavy (non-hydrogen) atoms. The molecule has 1 spiro atoms. The summed E-state index contributed by atoms with van der Waals surface area (Å²) in [5, 5.41) is 3.39. The van der Waals surface area contributed by atoms with Gasteiger partial charge in [-0.3, -0.25) is 4.79 Å². The summed E-state index contributed by atoms with van der Waals surface area (Å²) < 4.78 is 6.42. The third-order valence-corrected chi connectivity index (χ3v) is 8.57. The molecule has 4 aliphatic rings. The highest BCUT2D eigenvalue weighted by atomic mass is 32.1. The normalized spacial score (nSPS) is 30.1. The second-order valence-corrected chi connectivity index (χ2v) is 9.88. The number of piperidine rings is 2. The number of carbonyl (C=O) groups excluding carboxylic acids is 1. The molecular weight excluding hydrogens is 368 g/mol. The molecule has 1 amide bonds. The molecule has 3 atom stereocenters. The van der Waals surface area contributed by atoms with Crippen molar-refractivity contribution in [2.75, 3.05) is 32.8 Å². The van der Waals surface area contributed by atoms with Gasteiger partial charge in [0.1, 0.15) is 0 Å². The molecule has 0 bridgehead atoms. The van der Waals surface area contributed by atoms with Crippen LogP contribution in [0.2, 0.25) is 0 Å². The van der Waals surface area contributed by atoms with Crippen LogP contribution in [0.1, 0.15) is 23.3 Å². The first-order valence-corrected chi connectivity index (χ1v) is 11.4. The molecule has 1 aromatic heterocycles. The van der Waals surface area contributed by atoms with E-state index in [1.54, 1.807) is 0 Å². The molecule has 3 fully saturated rings. The Bertz CT molecular complexity index is 891. The summed E-state index contributed by atoms with van der Waals surface area (Å²) >= 11 is 1.92. The van der Waals surface area contributed by atoms with Gasteiger partial charge in [-0.2, -0.15) is 0 Å². The fourth-order valence-corrected chi connectivity index (χ4v) is 6.90. The fourth-order valence-electron chi connectivity index (χ4n) is 5.66. The summed E-state index contributed by atoms with van der Waals surface area (Å²) in [5.41, 5.74) is 2.50. The van der Waals surface area contributed by atoms with E-state index >= 15 is 0 Å². The number of rotatable bonds is 2. The van der Waals surface area contributed by atoms with Crippen LogP contribution >= 0.6 is 11.3 Å². The topological polar surface area (TPSA) is 41.6 Å². The highest BCUT2D eigenvalue weighted by molar-refractivity contribution is 7.15. The first-order valence-electron chi connectivity index (χ1n) is 10.6. The van der Waals surface area contributed by atoms with Crippen molar-refractivity contribution < 1.29 is 9.53 Å². The first kappa shape index (κ1) is 17.2. The number of hydrogen-bond donors (Lipinski definition) is 1. The number of hydrogen-bond acceptors (Lipinski definition) is 4. The van der Waals surface area contributed by atoms with Crippen molar-refractivity contribution in [1.82, 2.24) is 10.2 Å². The van der Waals surface area contributed by atoms with E-state index < -0.39 is 0 Å². The summed E-state index contributed by atoms with van der Waals surface area (Å²) in [6.07, 6.45) is 2.86. The van der Waals surface area contributed by atoms with E-state index in [4.69, 9.17) is 4.74 Å². The second kappa shape index (κ2) is 6.41. The van der Waals surface area contributed by atoms with E-state index in [0.29, 0.717) is 23.7 Å². The van der Waals surface area contributed by atoms with Crippen LogP contribution < -0.4 is 5.32 Å². The van der Waals surface area contributed by atoms with Crippen molar-refractivity contribution in [3.8, 4) is 10.4 Å². The monoisotopic (exact) mass is 394 g/mol. The molecule has 3 aliphatic heterocycles. The largest absolute Gasteiger partial charge is 0.370 e. The number of carbonyl (C=O) groups is 1. The van der Waals surface area contributed by atoms with Gasteiger partial charge in [0.2, 0.25) is 5.91 Å². The predicted molar refractivity (Wildman–Crippen MR) is 110 cm³/mol. The summed E-state index contributed by atoms with van der Waals surface area (Å²) in [7, 11) is 0. The minimum absolute atomic E-state index is 0.186. The zero-order valence-electron chi connectivity index (χ0n) is 16.0. The Morgan fingerprint density at radius 2 is 1.89 bits per heavy atom. The number of nitrogens with one attached hydrogen (secondary N) is 1. The predicted octanol–water partition coefficient (Wildman–Crippen LogP) is 3.27. The molecule has 0 radical (unpaired) electrons. The molecule has 146 valence electrons. The summed E-state index contributed by atoms with van der Waals surface area (Å²) in [6, 6.07) is 13.0. The Morgan fingerprint density at radius 1 is 1.14 bits per heavy atom. The van der Waals surface area contributed by atoms with Crippen molar-refractivity contribution in [3.05, 3.63) is 46.8 Å². The highest BCUT2D eigenvalue weighted by Crippen LogP contribution is 2.51. The number of thiophene rings is 1. The number of likely N-dealkylation sites (tertiary alicyclic amines) is 1. The lowest BCUT2D eigenvalue weighted by atomic mass is 9.82. The first-order chi connectivity index (χ1) is 13.8. The third-order valence-electron chi connectivity index (χ3n) is 7.33. The van der Waals surface area contributed by atoms with Gasteiger partial charge < -0.3 is 15.0 Å². The second-order valence-electron chi connectivity index (χ2n) is 8.74. The number of fused-ring (bicyclic) bond motifs is 3. The minimum atomic E-state index is -0.186. The Labute approximate surface area is 169 Å². The lowest BCUT2D eigenvalue weighted by Crippen LogP contribution is -2.49. The number of amides is 1. The van der Waals surface area contributed by atoms with Gasteiger partial charge in [-0.15, -0.1) is 11.3 Å². The van der Waals surface area contributed by atoms with Crippen LogP contribution in [0.4, 0.5) is 0 Å². The van der Waals surface area contributed by atoms with Gasteiger partial charge in [0, 0.05) is 35.2 Å². The Kier molecular flexibility index (Phi) is 3.94. The molecule has 4 nitrogen and oxygen atoms in total. The lowest BCUT2D eigenvalue weighted by Gasteiger charge is -2.44. The summed E-state index contributed by atoms with van der Waals surface area (Å²) in [5.74, 6) is 1.90. The molecule has 1 aromatic carbocycles. The Balaban J connectivity index is 1.21. The van der Waals surface area contributed by atoms with E-state index in [1.165, 1.54) is 20.9 Å². The maximum absolute atomic E-state index is 12.9.